The highest BCUT2D eigenvalue weighted by atomic mass is 16.5. The SMILES string of the molecule is CC(=O)OCc1c(C(=O)O)ccn1C. The molecule has 0 aromatic carbocycles. The number of carboxylic acids is 1. The van der Waals surface area contributed by atoms with Gasteiger partial charge in [0.15, 0.2) is 0 Å². The maximum absolute atomic E-state index is 10.7. The molecule has 0 fully saturated rings. The van der Waals surface area contributed by atoms with E-state index in [1.165, 1.54) is 13.0 Å². The minimum Gasteiger partial charge on any atom is -0.478 e. The first-order chi connectivity index (χ1) is 6.52. The summed E-state index contributed by atoms with van der Waals surface area (Å²) in [5, 5.41) is 8.79. The van der Waals surface area contributed by atoms with Crippen LogP contribution in [-0.4, -0.2) is 21.6 Å². The Morgan fingerprint density at radius 1 is 1.57 bits per heavy atom. The third-order valence-corrected chi connectivity index (χ3v) is 1.84. The summed E-state index contributed by atoms with van der Waals surface area (Å²) in [5.41, 5.74) is 0.640. The molecule has 0 unspecified atom stereocenters. The van der Waals surface area contributed by atoms with Crippen LogP contribution < -0.4 is 0 Å². The molecule has 0 bridgehead atoms. The van der Waals surface area contributed by atoms with Crippen molar-refractivity contribution in [1.82, 2.24) is 4.57 Å². The van der Waals surface area contributed by atoms with Crippen molar-refractivity contribution in [1.29, 1.82) is 0 Å². The van der Waals surface area contributed by atoms with Crippen molar-refractivity contribution in [3.63, 3.8) is 0 Å². The number of hydrogen-bond donors (Lipinski definition) is 1. The van der Waals surface area contributed by atoms with E-state index in [-0.39, 0.29) is 12.2 Å². The van der Waals surface area contributed by atoms with Crippen molar-refractivity contribution in [2.45, 2.75) is 13.5 Å². The fourth-order valence-electron chi connectivity index (χ4n) is 1.11. The van der Waals surface area contributed by atoms with Gasteiger partial charge in [-0.1, -0.05) is 0 Å². The first kappa shape index (κ1) is 10.3. The zero-order valence-electron chi connectivity index (χ0n) is 7.98. The van der Waals surface area contributed by atoms with Crippen molar-refractivity contribution in [2.24, 2.45) is 7.05 Å². The van der Waals surface area contributed by atoms with E-state index in [1.54, 1.807) is 17.8 Å². The van der Waals surface area contributed by atoms with Gasteiger partial charge in [-0.2, -0.15) is 0 Å². The third-order valence-electron chi connectivity index (χ3n) is 1.84. The maximum atomic E-state index is 10.7. The number of aryl methyl sites for hydroxylation is 1. The van der Waals surface area contributed by atoms with Gasteiger partial charge in [0.1, 0.15) is 6.61 Å². The van der Waals surface area contributed by atoms with E-state index in [9.17, 15) is 9.59 Å². The Bertz CT molecular complexity index is 367. The van der Waals surface area contributed by atoms with Gasteiger partial charge in [0.25, 0.3) is 0 Å². The summed E-state index contributed by atoms with van der Waals surface area (Å²) in [5.74, 6) is -1.45. The summed E-state index contributed by atoms with van der Waals surface area (Å²) < 4.78 is 6.35. The van der Waals surface area contributed by atoms with Crippen LogP contribution in [0.5, 0.6) is 0 Å². The molecule has 0 aliphatic carbocycles. The average molecular weight is 197 g/mol. The standard InChI is InChI=1S/C9H11NO4/c1-6(11)14-5-8-7(9(12)13)3-4-10(8)2/h3-4H,5H2,1-2H3,(H,12,13). The summed E-state index contributed by atoms with van der Waals surface area (Å²) in [4.78, 5) is 21.3. The minimum absolute atomic E-state index is 0.0134. The van der Waals surface area contributed by atoms with E-state index in [0.717, 1.165) is 0 Å². The molecule has 0 spiro atoms. The molecule has 5 nitrogen and oxygen atoms in total. The fraction of sp³-hybridized carbons (Fsp3) is 0.333. The molecule has 0 radical (unpaired) electrons. The highest BCUT2D eigenvalue weighted by molar-refractivity contribution is 5.89. The molecule has 1 aromatic rings. The van der Waals surface area contributed by atoms with E-state index < -0.39 is 11.9 Å². The van der Waals surface area contributed by atoms with Gasteiger partial charge >= 0.3 is 11.9 Å². The molecule has 14 heavy (non-hydrogen) atoms. The monoisotopic (exact) mass is 197 g/mol. The second-order valence-electron chi connectivity index (χ2n) is 2.87. The van der Waals surface area contributed by atoms with Gasteiger partial charge in [0, 0.05) is 20.2 Å². The molecule has 1 aromatic heterocycles. The number of hydrogen-bond acceptors (Lipinski definition) is 3. The van der Waals surface area contributed by atoms with Crippen LogP contribution in [-0.2, 0) is 23.2 Å². The van der Waals surface area contributed by atoms with E-state index in [1.807, 2.05) is 0 Å². The topological polar surface area (TPSA) is 68.5 Å². The van der Waals surface area contributed by atoms with Crippen molar-refractivity contribution in [3.05, 3.63) is 23.5 Å². The van der Waals surface area contributed by atoms with E-state index in [2.05, 4.69) is 0 Å². The highest BCUT2D eigenvalue weighted by Crippen LogP contribution is 2.11. The van der Waals surface area contributed by atoms with Crippen molar-refractivity contribution >= 4 is 11.9 Å². The summed E-state index contributed by atoms with van der Waals surface area (Å²) >= 11 is 0. The average Bonchev–Trinajstić information content (AvgIpc) is 2.43. The highest BCUT2D eigenvalue weighted by Gasteiger charge is 2.13. The van der Waals surface area contributed by atoms with Crippen LogP contribution in [0.4, 0.5) is 0 Å². The van der Waals surface area contributed by atoms with Gasteiger partial charge in [-0.25, -0.2) is 4.79 Å². The summed E-state index contributed by atoms with van der Waals surface area (Å²) in [6.07, 6.45) is 1.61. The van der Waals surface area contributed by atoms with Crippen LogP contribution in [0, 0.1) is 0 Å². The number of rotatable bonds is 3. The molecule has 1 heterocycles. The predicted octanol–water partition coefficient (Wildman–Crippen LogP) is 0.786. The van der Waals surface area contributed by atoms with E-state index >= 15 is 0 Å². The van der Waals surface area contributed by atoms with Gasteiger partial charge in [-0.05, 0) is 6.07 Å². The minimum atomic E-state index is -1.02. The Balaban J connectivity index is 2.88. The number of carbonyl (C=O) groups is 2. The van der Waals surface area contributed by atoms with Crippen LogP contribution in [0.2, 0.25) is 0 Å². The zero-order chi connectivity index (χ0) is 10.7. The molecule has 0 saturated carbocycles. The molecular formula is C9H11NO4. The summed E-state index contributed by atoms with van der Waals surface area (Å²) in [7, 11) is 1.70. The van der Waals surface area contributed by atoms with Crippen LogP contribution in [0.15, 0.2) is 12.3 Å². The Hall–Kier alpha value is -1.78. The number of carbonyl (C=O) groups excluding carboxylic acids is 1. The Morgan fingerprint density at radius 2 is 2.21 bits per heavy atom. The summed E-state index contributed by atoms with van der Waals surface area (Å²) in [6.45, 7) is 1.27. The number of esters is 1. The zero-order valence-corrected chi connectivity index (χ0v) is 7.98. The smallest absolute Gasteiger partial charge is 0.337 e. The van der Waals surface area contributed by atoms with Gasteiger partial charge in [-0.3, -0.25) is 4.79 Å². The van der Waals surface area contributed by atoms with E-state index in [0.29, 0.717) is 5.69 Å². The number of nitrogens with zero attached hydrogens (tertiary/aromatic N) is 1. The molecule has 0 aliphatic rings. The Labute approximate surface area is 80.9 Å². The van der Waals surface area contributed by atoms with E-state index in [4.69, 9.17) is 9.84 Å². The van der Waals surface area contributed by atoms with Gasteiger partial charge in [0.05, 0.1) is 11.3 Å². The first-order valence-corrected chi connectivity index (χ1v) is 4.03. The number of carboxylic acid groups (broad SMARTS) is 1. The predicted molar refractivity (Wildman–Crippen MR) is 47.8 cm³/mol. The molecule has 5 heteroatoms. The maximum Gasteiger partial charge on any atom is 0.337 e. The van der Waals surface area contributed by atoms with Crippen LogP contribution in [0.25, 0.3) is 0 Å². The van der Waals surface area contributed by atoms with Gasteiger partial charge in [0.2, 0.25) is 0 Å². The van der Waals surface area contributed by atoms with Crippen LogP contribution in [0.3, 0.4) is 0 Å². The Morgan fingerprint density at radius 3 is 2.71 bits per heavy atom. The molecular weight excluding hydrogens is 186 g/mol. The van der Waals surface area contributed by atoms with Crippen molar-refractivity contribution < 1.29 is 19.4 Å². The quantitative estimate of drug-likeness (QED) is 0.727. The number of aromatic nitrogens is 1. The number of aromatic carboxylic acids is 1. The van der Waals surface area contributed by atoms with Crippen LogP contribution >= 0.6 is 0 Å². The lowest BCUT2D eigenvalue weighted by atomic mass is 10.2. The van der Waals surface area contributed by atoms with Gasteiger partial charge < -0.3 is 14.4 Å². The second kappa shape index (κ2) is 3.95. The fourth-order valence-corrected chi connectivity index (χ4v) is 1.11. The molecule has 1 N–H and O–H groups in total. The lowest BCUT2D eigenvalue weighted by Crippen LogP contribution is -2.08. The van der Waals surface area contributed by atoms with Crippen LogP contribution in [0.1, 0.15) is 23.0 Å². The Kier molecular flexibility index (Phi) is 2.91. The molecule has 0 amide bonds. The third kappa shape index (κ3) is 2.12. The molecule has 76 valence electrons. The molecule has 0 atom stereocenters. The number of ether oxygens (including phenoxy) is 1. The lowest BCUT2D eigenvalue weighted by Gasteiger charge is -2.05. The largest absolute Gasteiger partial charge is 0.478 e. The second-order valence-corrected chi connectivity index (χ2v) is 2.87. The normalized spacial score (nSPS) is 9.86. The molecule has 0 aliphatic heterocycles. The van der Waals surface area contributed by atoms with Crippen molar-refractivity contribution in [3.8, 4) is 0 Å². The molecule has 1 rings (SSSR count). The summed E-state index contributed by atoms with van der Waals surface area (Å²) in [6, 6.07) is 1.47. The lowest BCUT2D eigenvalue weighted by molar-refractivity contribution is -0.142. The first-order valence-electron chi connectivity index (χ1n) is 4.03. The van der Waals surface area contributed by atoms with Crippen molar-refractivity contribution in [2.75, 3.05) is 0 Å². The molecule has 0 saturated heterocycles. The van der Waals surface area contributed by atoms with Gasteiger partial charge in [-0.15, -0.1) is 0 Å².